The van der Waals surface area contributed by atoms with Crippen LogP contribution in [0, 0.1) is 17.8 Å². The van der Waals surface area contributed by atoms with E-state index in [0.29, 0.717) is 18.8 Å². The molecule has 0 spiro atoms. The summed E-state index contributed by atoms with van der Waals surface area (Å²) in [6.07, 6.45) is 5.02. The van der Waals surface area contributed by atoms with Crippen LogP contribution in [0.5, 0.6) is 0 Å². The normalized spacial score (nSPS) is 14.1. The molecule has 0 aromatic heterocycles. The number of thioether (sulfide) groups is 1. The zero-order valence-electron chi connectivity index (χ0n) is 22.9. The lowest BCUT2D eigenvalue weighted by Crippen LogP contribution is -2.55. The molecule has 0 aliphatic rings. The topological polar surface area (TPSA) is 96.5 Å². The first-order chi connectivity index (χ1) is 17.0. The van der Waals surface area contributed by atoms with Gasteiger partial charge in [-0.05, 0) is 54.2 Å². The van der Waals surface area contributed by atoms with Gasteiger partial charge in [-0.25, -0.2) is 4.79 Å². The van der Waals surface area contributed by atoms with Gasteiger partial charge in [-0.3, -0.25) is 9.59 Å². The van der Waals surface area contributed by atoms with E-state index in [2.05, 4.69) is 29.8 Å². The van der Waals surface area contributed by atoms with E-state index in [1.165, 1.54) is 0 Å². The van der Waals surface area contributed by atoms with Gasteiger partial charge in [0.2, 0.25) is 11.8 Å². The molecule has 3 N–H and O–H groups in total. The Morgan fingerprint density at radius 1 is 0.806 bits per heavy atom. The number of carbonyl (C=O) groups is 3. The molecule has 0 radical (unpaired) electrons. The maximum Gasteiger partial charge on any atom is 0.408 e. The molecule has 0 fully saturated rings. The second-order valence-electron chi connectivity index (χ2n) is 10.4. The Balaban J connectivity index is 2.89. The quantitative estimate of drug-likeness (QED) is 0.293. The Kier molecular flexibility index (Phi) is 14.9. The number of ether oxygens (including phenoxy) is 1. The Labute approximate surface area is 221 Å². The van der Waals surface area contributed by atoms with Crippen molar-refractivity contribution in [3.8, 4) is 0 Å². The molecular weight excluding hydrogens is 474 g/mol. The number of hydrogen-bond donors (Lipinski definition) is 3. The maximum atomic E-state index is 13.2. The van der Waals surface area contributed by atoms with Crippen molar-refractivity contribution in [2.24, 2.45) is 17.8 Å². The zero-order chi connectivity index (χ0) is 27.1. The first kappa shape index (κ1) is 31.5. The highest BCUT2D eigenvalue weighted by Crippen LogP contribution is 2.12. The van der Waals surface area contributed by atoms with Crippen molar-refractivity contribution in [1.29, 1.82) is 0 Å². The van der Waals surface area contributed by atoms with Crippen LogP contribution in [0.2, 0.25) is 0 Å². The molecule has 36 heavy (non-hydrogen) atoms. The summed E-state index contributed by atoms with van der Waals surface area (Å²) in [5.41, 5.74) is 0.859. The minimum Gasteiger partial charge on any atom is -0.445 e. The van der Waals surface area contributed by atoms with Gasteiger partial charge in [-0.1, -0.05) is 78.0 Å². The van der Waals surface area contributed by atoms with Gasteiger partial charge in [0.05, 0.1) is 0 Å². The van der Waals surface area contributed by atoms with E-state index in [1.54, 1.807) is 11.8 Å². The van der Waals surface area contributed by atoms with Crippen molar-refractivity contribution in [3.05, 3.63) is 47.4 Å². The molecule has 0 saturated heterocycles. The number of alkyl carbamates (subject to hydrolysis) is 1. The Bertz CT molecular complexity index is 827. The molecule has 0 heterocycles. The van der Waals surface area contributed by atoms with E-state index < -0.39 is 18.2 Å². The number of carbonyl (C=O) groups excluding carboxylic acids is 3. The van der Waals surface area contributed by atoms with Gasteiger partial charge in [-0.15, -0.1) is 11.8 Å². The molecule has 2 unspecified atom stereocenters. The van der Waals surface area contributed by atoms with Crippen LogP contribution in [0.1, 0.15) is 66.4 Å². The largest absolute Gasteiger partial charge is 0.445 e. The van der Waals surface area contributed by atoms with E-state index in [9.17, 15) is 14.4 Å². The molecule has 3 atom stereocenters. The molecule has 0 aliphatic heterocycles. The van der Waals surface area contributed by atoms with Crippen LogP contribution < -0.4 is 16.0 Å². The van der Waals surface area contributed by atoms with Gasteiger partial charge < -0.3 is 20.7 Å². The summed E-state index contributed by atoms with van der Waals surface area (Å²) in [4.78, 5) is 38.9. The van der Waals surface area contributed by atoms with Crippen LogP contribution in [0.3, 0.4) is 0 Å². The fourth-order valence-electron chi connectivity index (χ4n) is 3.74. The van der Waals surface area contributed by atoms with Crippen molar-refractivity contribution in [2.75, 3.05) is 6.26 Å². The Hall–Kier alpha value is -2.48. The van der Waals surface area contributed by atoms with Gasteiger partial charge in [0, 0.05) is 6.04 Å². The molecule has 0 bridgehead atoms. The van der Waals surface area contributed by atoms with E-state index in [0.717, 1.165) is 12.0 Å². The van der Waals surface area contributed by atoms with Crippen LogP contribution in [-0.2, 0) is 20.9 Å². The van der Waals surface area contributed by atoms with Gasteiger partial charge in [0.25, 0.3) is 0 Å². The van der Waals surface area contributed by atoms with Crippen molar-refractivity contribution < 1.29 is 19.1 Å². The highest BCUT2D eigenvalue weighted by atomic mass is 32.2. The predicted octanol–water partition coefficient (Wildman–Crippen LogP) is 5.27. The first-order valence-electron chi connectivity index (χ1n) is 12.8. The summed E-state index contributed by atoms with van der Waals surface area (Å²) in [6, 6.07) is 7.73. The summed E-state index contributed by atoms with van der Waals surface area (Å²) in [7, 11) is 0. The molecule has 1 aromatic carbocycles. The van der Waals surface area contributed by atoms with Gasteiger partial charge in [-0.2, -0.15) is 0 Å². The second kappa shape index (κ2) is 17.1. The van der Waals surface area contributed by atoms with Crippen molar-refractivity contribution in [2.45, 2.75) is 85.5 Å². The molecule has 8 heteroatoms. The standard InChI is InChI=1S/C28H45N3O4S/c1-19(2)15-23(13-14-36-7)29-26(32)24(16-20(3)4)30-27(33)25(17-21(5)6)31-28(34)35-18-22-11-9-8-10-12-22/h8-14,19-21,23-25H,15-18H2,1-7H3,(H,29,32)(H,30,33)(H,31,34)/b14-13+/t23?,24-,25?/m0/s1. The molecule has 1 rings (SSSR count). The monoisotopic (exact) mass is 519 g/mol. The molecule has 7 nitrogen and oxygen atoms in total. The van der Waals surface area contributed by atoms with Crippen LogP contribution in [0.4, 0.5) is 4.79 Å². The van der Waals surface area contributed by atoms with Crippen molar-refractivity contribution >= 4 is 29.7 Å². The number of hydrogen-bond acceptors (Lipinski definition) is 5. The zero-order valence-corrected chi connectivity index (χ0v) is 23.7. The third-order valence-electron chi connectivity index (χ3n) is 5.37. The van der Waals surface area contributed by atoms with Gasteiger partial charge >= 0.3 is 6.09 Å². The molecule has 0 aliphatic carbocycles. The fourth-order valence-corrected chi connectivity index (χ4v) is 4.08. The predicted molar refractivity (Wildman–Crippen MR) is 148 cm³/mol. The fraction of sp³-hybridized carbons (Fsp3) is 0.607. The summed E-state index contributed by atoms with van der Waals surface area (Å²) in [5.74, 6) is 0.143. The minimum absolute atomic E-state index is 0.113. The Morgan fingerprint density at radius 3 is 1.86 bits per heavy atom. The summed E-state index contributed by atoms with van der Waals surface area (Å²) in [6.45, 7) is 12.3. The highest BCUT2D eigenvalue weighted by Gasteiger charge is 2.29. The van der Waals surface area contributed by atoms with Crippen LogP contribution >= 0.6 is 11.8 Å². The summed E-state index contributed by atoms with van der Waals surface area (Å²) in [5, 5.41) is 10.6. The minimum atomic E-state index is -0.807. The molecule has 3 amide bonds. The van der Waals surface area contributed by atoms with E-state index in [1.807, 2.05) is 75.8 Å². The van der Waals surface area contributed by atoms with E-state index in [4.69, 9.17) is 4.74 Å². The van der Waals surface area contributed by atoms with Gasteiger partial charge in [0.15, 0.2) is 0 Å². The Morgan fingerprint density at radius 2 is 1.33 bits per heavy atom. The number of rotatable bonds is 15. The lowest BCUT2D eigenvalue weighted by molar-refractivity contribution is -0.130. The molecule has 0 saturated carbocycles. The third kappa shape index (κ3) is 13.6. The van der Waals surface area contributed by atoms with Crippen LogP contribution in [-0.4, -0.2) is 42.3 Å². The SMILES string of the molecule is CS/C=C/C(CC(C)C)NC(=O)[C@H](CC(C)C)NC(=O)C(CC(C)C)NC(=O)OCc1ccccc1. The molecular formula is C28H45N3O4S. The second-order valence-corrected chi connectivity index (χ2v) is 11.1. The average molecular weight is 520 g/mol. The lowest BCUT2D eigenvalue weighted by Gasteiger charge is -2.26. The lowest BCUT2D eigenvalue weighted by atomic mass is 9.99. The van der Waals surface area contributed by atoms with E-state index >= 15 is 0 Å². The highest BCUT2D eigenvalue weighted by molar-refractivity contribution is 8.01. The molecule has 1 aromatic rings. The summed E-state index contributed by atoms with van der Waals surface area (Å²) >= 11 is 1.58. The smallest absolute Gasteiger partial charge is 0.408 e. The van der Waals surface area contributed by atoms with Crippen LogP contribution in [0.15, 0.2) is 41.8 Å². The third-order valence-corrected chi connectivity index (χ3v) is 5.80. The van der Waals surface area contributed by atoms with Crippen molar-refractivity contribution in [3.63, 3.8) is 0 Å². The first-order valence-corrected chi connectivity index (χ1v) is 14.1. The van der Waals surface area contributed by atoms with Gasteiger partial charge in [0.1, 0.15) is 18.7 Å². The van der Waals surface area contributed by atoms with Crippen LogP contribution in [0.25, 0.3) is 0 Å². The number of benzene rings is 1. The molecule has 202 valence electrons. The average Bonchev–Trinajstić information content (AvgIpc) is 2.80. The number of amides is 3. The summed E-state index contributed by atoms with van der Waals surface area (Å²) < 4.78 is 5.32. The van der Waals surface area contributed by atoms with E-state index in [-0.39, 0.29) is 36.3 Å². The maximum absolute atomic E-state index is 13.2. The number of nitrogens with one attached hydrogen (secondary N) is 3. The van der Waals surface area contributed by atoms with Crippen molar-refractivity contribution in [1.82, 2.24) is 16.0 Å².